The highest BCUT2D eigenvalue weighted by Crippen LogP contribution is 2.14. The highest BCUT2D eigenvalue weighted by molar-refractivity contribution is 7.98. The minimum absolute atomic E-state index is 0.140. The van der Waals surface area contributed by atoms with Gasteiger partial charge >= 0.3 is 0 Å². The van der Waals surface area contributed by atoms with Gasteiger partial charge in [0.2, 0.25) is 5.91 Å². The van der Waals surface area contributed by atoms with E-state index in [9.17, 15) is 19.7 Å². The summed E-state index contributed by atoms with van der Waals surface area (Å²) in [4.78, 5) is 37.3. The summed E-state index contributed by atoms with van der Waals surface area (Å²) in [6.07, 6.45) is 2.37. The first kappa shape index (κ1) is 23.2. The molecule has 160 valence electrons. The van der Waals surface area contributed by atoms with Crippen molar-refractivity contribution in [1.29, 1.82) is 0 Å². The molecular formula is C21H25N3O5S. The molecule has 0 heterocycles. The Morgan fingerprint density at radius 3 is 2.60 bits per heavy atom. The number of hydrogen-bond acceptors (Lipinski definition) is 6. The van der Waals surface area contributed by atoms with E-state index in [4.69, 9.17) is 4.74 Å². The Bertz CT molecular complexity index is 863. The second-order valence-corrected chi connectivity index (χ2v) is 7.52. The SMILES string of the molecule is CSCCC(NC(=O)c1cccc([N+](=O)[O-])c1)C(=O)N(C)CCOc1ccccc1. The smallest absolute Gasteiger partial charge is 0.270 e. The van der Waals surface area contributed by atoms with Crippen LogP contribution in [-0.2, 0) is 4.79 Å². The summed E-state index contributed by atoms with van der Waals surface area (Å²) in [6.45, 7) is 0.677. The fourth-order valence-electron chi connectivity index (χ4n) is 2.69. The third kappa shape index (κ3) is 7.07. The number of likely N-dealkylation sites (N-methyl/N-ethyl adjacent to an activating group) is 1. The van der Waals surface area contributed by atoms with Crippen LogP contribution in [0.4, 0.5) is 5.69 Å². The minimum Gasteiger partial charge on any atom is -0.492 e. The van der Waals surface area contributed by atoms with Crippen molar-refractivity contribution in [1.82, 2.24) is 10.2 Å². The molecule has 2 aromatic rings. The van der Waals surface area contributed by atoms with Crippen LogP contribution in [0.25, 0.3) is 0 Å². The third-order valence-corrected chi connectivity index (χ3v) is 4.99. The maximum absolute atomic E-state index is 12.9. The summed E-state index contributed by atoms with van der Waals surface area (Å²) in [5, 5.41) is 13.7. The molecule has 2 rings (SSSR count). The molecule has 9 heteroatoms. The zero-order chi connectivity index (χ0) is 21.9. The molecule has 8 nitrogen and oxygen atoms in total. The van der Waals surface area contributed by atoms with Crippen LogP contribution in [0.15, 0.2) is 54.6 Å². The van der Waals surface area contributed by atoms with Crippen LogP contribution in [-0.4, -0.2) is 59.9 Å². The van der Waals surface area contributed by atoms with E-state index in [0.717, 1.165) is 5.75 Å². The molecule has 1 unspecified atom stereocenters. The highest BCUT2D eigenvalue weighted by atomic mass is 32.2. The number of nitrogens with one attached hydrogen (secondary N) is 1. The van der Waals surface area contributed by atoms with E-state index in [-0.39, 0.29) is 17.2 Å². The number of para-hydroxylation sites is 1. The van der Waals surface area contributed by atoms with Gasteiger partial charge in [0.1, 0.15) is 18.4 Å². The van der Waals surface area contributed by atoms with Gasteiger partial charge < -0.3 is 15.0 Å². The summed E-state index contributed by atoms with van der Waals surface area (Å²) in [5.74, 6) is 0.641. The Balaban J connectivity index is 1.98. The number of ether oxygens (including phenoxy) is 1. The number of carbonyl (C=O) groups excluding carboxylic acids is 2. The second-order valence-electron chi connectivity index (χ2n) is 6.54. The molecule has 1 atom stereocenters. The van der Waals surface area contributed by atoms with Gasteiger partial charge in [-0.2, -0.15) is 11.8 Å². The molecular weight excluding hydrogens is 406 g/mol. The van der Waals surface area contributed by atoms with Gasteiger partial charge in [-0.15, -0.1) is 0 Å². The quantitative estimate of drug-likeness (QED) is 0.434. The number of amides is 2. The molecule has 0 saturated heterocycles. The minimum atomic E-state index is -0.731. The molecule has 1 N–H and O–H groups in total. The lowest BCUT2D eigenvalue weighted by Crippen LogP contribution is -2.48. The van der Waals surface area contributed by atoms with Crippen molar-refractivity contribution < 1.29 is 19.2 Å². The van der Waals surface area contributed by atoms with E-state index in [1.807, 2.05) is 36.6 Å². The Kier molecular flexibility index (Phi) is 9.14. The Labute approximate surface area is 179 Å². The van der Waals surface area contributed by atoms with Gasteiger partial charge in [0.25, 0.3) is 11.6 Å². The number of thioether (sulfide) groups is 1. The zero-order valence-electron chi connectivity index (χ0n) is 16.9. The number of rotatable bonds is 11. The molecule has 0 fully saturated rings. The molecule has 0 aliphatic rings. The number of nitro groups is 1. The number of carbonyl (C=O) groups is 2. The van der Waals surface area contributed by atoms with Crippen molar-refractivity contribution in [3.05, 3.63) is 70.3 Å². The van der Waals surface area contributed by atoms with E-state index in [1.165, 1.54) is 29.2 Å². The molecule has 2 amide bonds. The van der Waals surface area contributed by atoms with E-state index in [0.29, 0.717) is 25.3 Å². The van der Waals surface area contributed by atoms with Crippen molar-refractivity contribution >= 4 is 29.3 Å². The van der Waals surface area contributed by atoms with Gasteiger partial charge in [-0.05, 0) is 36.6 Å². The molecule has 2 aromatic carbocycles. The fourth-order valence-corrected chi connectivity index (χ4v) is 3.16. The maximum Gasteiger partial charge on any atom is 0.270 e. The third-order valence-electron chi connectivity index (χ3n) is 4.35. The Morgan fingerprint density at radius 2 is 1.93 bits per heavy atom. The molecule has 0 aliphatic heterocycles. The first-order valence-electron chi connectivity index (χ1n) is 9.39. The molecule has 0 aromatic heterocycles. The van der Waals surface area contributed by atoms with Gasteiger partial charge in [0.05, 0.1) is 11.5 Å². The van der Waals surface area contributed by atoms with Crippen LogP contribution in [0, 0.1) is 10.1 Å². The number of nitrogens with zero attached hydrogens (tertiary/aromatic N) is 2. The van der Waals surface area contributed by atoms with Crippen molar-refractivity contribution in [2.45, 2.75) is 12.5 Å². The van der Waals surface area contributed by atoms with Crippen LogP contribution in [0.5, 0.6) is 5.75 Å². The predicted molar refractivity (Wildman–Crippen MR) is 117 cm³/mol. The normalized spacial score (nSPS) is 11.4. The summed E-state index contributed by atoms with van der Waals surface area (Å²) in [5.41, 5.74) is -0.0361. The lowest BCUT2D eigenvalue weighted by molar-refractivity contribution is -0.384. The highest BCUT2D eigenvalue weighted by Gasteiger charge is 2.24. The van der Waals surface area contributed by atoms with E-state index < -0.39 is 16.9 Å². The van der Waals surface area contributed by atoms with Gasteiger partial charge in [-0.3, -0.25) is 19.7 Å². The average Bonchev–Trinajstić information content (AvgIpc) is 2.76. The number of non-ortho nitro benzene ring substituents is 1. The second kappa shape index (κ2) is 11.8. The van der Waals surface area contributed by atoms with Gasteiger partial charge in [-0.25, -0.2) is 0 Å². The lowest BCUT2D eigenvalue weighted by Gasteiger charge is -2.24. The van der Waals surface area contributed by atoms with Gasteiger partial charge in [0, 0.05) is 24.7 Å². The Morgan fingerprint density at radius 1 is 1.20 bits per heavy atom. The molecule has 30 heavy (non-hydrogen) atoms. The largest absolute Gasteiger partial charge is 0.492 e. The van der Waals surface area contributed by atoms with Crippen molar-refractivity contribution in [2.75, 3.05) is 32.2 Å². The monoisotopic (exact) mass is 431 g/mol. The standard InChI is InChI=1S/C21H25N3O5S/c1-23(12-13-29-18-9-4-3-5-10-18)21(26)19(11-14-30-2)22-20(25)16-7-6-8-17(15-16)24(27)28/h3-10,15,19H,11-14H2,1-2H3,(H,22,25). The fraction of sp³-hybridized carbons (Fsp3) is 0.333. The van der Waals surface area contributed by atoms with E-state index in [2.05, 4.69) is 5.32 Å². The summed E-state index contributed by atoms with van der Waals surface area (Å²) < 4.78 is 5.62. The number of nitro benzene ring substituents is 1. The maximum atomic E-state index is 12.9. The zero-order valence-corrected chi connectivity index (χ0v) is 17.8. The molecule has 0 saturated carbocycles. The van der Waals surface area contributed by atoms with Crippen molar-refractivity contribution in [3.63, 3.8) is 0 Å². The molecule has 0 radical (unpaired) electrons. The molecule has 0 bridgehead atoms. The summed E-state index contributed by atoms with van der Waals surface area (Å²) in [6, 6.07) is 14.0. The molecule has 0 spiro atoms. The van der Waals surface area contributed by atoms with Crippen LogP contribution >= 0.6 is 11.8 Å². The lowest BCUT2D eigenvalue weighted by atomic mass is 10.1. The number of hydrogen-bond donors (Lipinski definition) is 1. The average molecular weight is 432 g/mol. The molecule has 0 aliphatic carbocycles. The number of benzene rings is 2. The van der Waals surface area contributed by atoms with Gasteiger partial charge in [0.15, 0.2) is 0 Å². The van der Waals surface area contributed by atoms with Crippen LogP contribution in [0.1, 0.15) is 16.8 Å². The van der Waals surface area contributed by atoms with Crippen LogP contribution < -0.4 is 10.1 Å². The topological polar surface area (TPSA) is 102 Å². The first-order chi connectivity index (χ1) is 14.4. The van der Waals surface area contributed by atoms with Gasteiger partial charge in [-0.1, -0.05) is 24.3 Å². The van der Waals surface area contributed by atoms with E-state index >= 15 is 0 Å². The van der Waals surface area contributed by atoms with Crippen molar-refractivity contribution in [3.8, 4) is 5.75 Å². The predicted octanol–water partition coefficient (Wildman–Crippen LogP) is 2.98. The van der Waals surface area contributed by atoms with Crippen molar-refractivity contribution in [2.24, 2.45) is 0 Å². The van der Waals surface area contributed by atoms with Crippen LogP contribution in [0.2, 0.25) is 0 Å². The first-order valence-corrected chi connectivity index (χ1v) is 10.8. The summed E-state index contributed by atoms with van der Waals surface area (Å²) in [7, 11) is 1.66. The summed E-state index contributed by atoms with van der Waals surface area (Å²) >= 11 is 1.57. The Hall–Kier alpha value is -3.07. The van der Waals surface area contributed by atoms with Crippen LogP contribution in [0.3, 0.4) is 0 Å². The van der Waals surface area contributed by atoms with E-state index in [1.54, 1.807) is 18.8 Å².